The second kappa shape index (κ2) is 7.42. The van der Waals surface area contributed by atoms with Crippen molar-refractivity contribution in [1.29, 1.82) is 0 Å². The number of hydrogen-bond donors (Lipinski definition) is 1. The van der Waals surface area contributed by atoms with Crippen LogP contribution in [0.1, 0.15) is 36.6 Å². The summed E-state index contributed by atoms with van der Waals surface area (Å²) in [6.45, 7) is 4.98. The molecule has 0 aliphatic carbocycles. The fourth-order valence-corrected chi connectivity index (χ4v) is 3.90. The molecular weight excluding hydrogens is 350 g/mol. The van der Waals surface area contributed by atoms with Gasteiger partial charge in [-0.15, -0.1) is 10.2 Å². The molecule has 2 unspecified atom stereocenters. The van der Waals surface area contributed by atoms with E-state index in [4.69, 9.17) is 5.73 Å². The van der Waals surface area contributed by atoms with Gasteiger partial charge >= 0.3 is 0 Å². The zero-order valence-electron chi connectivity index (χ0n) is 16.4. The van der Waals surface area contributed by atoms with E-state index in [0.717, 1.165) is 23.9 Å². The topological polar surface area (TPSA) is 84.7 Å². The summed E-state index contributed by atoms with van der Waals surface area (Å²) in [7, 11) is 1.73. The molecule has 0 saturated heterocycles. The van der Waals surface area contributed by atoms with Gasteiger partial charge in [0.15, 0.2) is 5.82 Å². The van der Waals surface area contributed by atoms with E-state index in [2.05, 4.69) is 73.0 Å². The van der Waals surface area contributed by atoms with Crippen molar-refractivity contribution >= 4 is 17.7 Å². The molecule has 2 aromatic rings. The first-order chi connectivity index (χ1) is 13.6. The van der Waals surface area contributed by atoms with E-state index < -0.39 is 0 Å². The molecule has 2 N–H and O–H groups in total. The molecule has 0 radical (unpaired) electrons. The van der Waals surface area contributed by atoms with Crippen LogP contribution in [0.4, 0.5) is 0 Å². The molecule has 0 bridgehead atoms. The molecule has 144 valence electrons. The summed E-state index contributed by atoms with van der Waals surface area (Å²) < 4.78 is 2.17. The molecule has 0 amide bonds. The quantitative estimate of drug-likeness (QED) is 0.643. The lowest BCUT2D eigenvalue weighted by Gasteiger charge is -2.33. The zero-order chi connectivity index (χ0) is 19.7. The van der Waals surface area contributed by atoms with Crippen molar-refractivity contribution in [3.8, 4) is 0 Å². The smallest absolute Gasteiger partial charge is 0.183 e. The first-order valence-corrected chi connectivity index (χ1v) is 9.45. The molecule has 7 nitrogen and oxygen atoms in total. The third-order valence-electron chi connectivity index (χ3n) is 5.24. The predicted molar refractivity (Wildman–Crippen MR) is 112 cm³/mol. The lowest BCUT2D eigenvalue weighted by Crippen LogP contribution is -2.36. The van der Waals surface area contributed by atoms with Crippen LogP contribution < -0.4 is 5.73 Å². The van der Waals surface area contributed by atoms with Crippen LogP contribution in [-0.4, -0.2) is 44.8 Å². The molecule has 2 aliphatic heterocycles. The summed E-state index contributed by atoms with van der Waals surface area (Å²) in [6, 6.07) is 10.8. The number of amidine groups is 1. The summed E-state index contributed by atoms with van der Waals surface area (Å²) in [5.41, 5.74) is 9.40. The van der Waals surface area contributed by atoms with Crippen LogP contribution in [0.3, 0.4) is 0 Å². The Morgan fingerprint density at radius 1 is 1.14 bits per heavy atom. The maximum Gasteiger partial charge on any atom is 0.183 e. The summed E-state index contributed by atoms with van der Waals surface area (Å²) in [5.74, 6) is 2.16. The Labute approximate surface area is 165 Å². The van der Waals surface area contributed by atoms with Crippen LogP contribution >= 0.6 is 0 Å². The van der Waals surface area contributed by atoms with E-state index in [1.54, 1.807) is 13.3 Å². The number of allylic oxidation sites excluding steroid dienone is 1. The van der Waals surface area contributed by atoms with Crippen molar-refractivity contribution in [2.75, 3.05) is 7.05 Å². The molecule has 2 atom stereocenters. The molecule has 7 heteroatoms. The van der Waals surface area contributed by atoms with E-state index in [9.17, 15) is 0 Å². The van der Waals surface area contributed by atoms with Gasteiger partial charge in [0.1, 0.15) is 17.4 Å². The molecule has 0 saturated carbocycles. The van der Waals surface area contributed by atoms with E-state index in [0.29, 0.717) is 12.3 Å². The number of nitrogens with two attached hydrogens (primary N) is 1. The van der Waals surface area contributed by atoms with Gasteiger partial charge in [-0.3, -0.25) is 0 Å². The number of hydrogen-bond acceptors (Lipinski definition) is 5. The average Bonchev–Trinajstić information content (AvgIpc) is 3.22. The van der Waals surface area contributed by atoms with Crippen molar-refractivity contribution in [3.05, 3.63) is 65.4 Å². The number of nitrogens with zero attached hydrogens (tertiary/aromatic N) is 6. The zero-order valence-corrected chi connectivity index (χ0v) is 16.4. The fraction of sp³-hybridized carbons (Fsp3) is 0.333. The number of fused-ring (bicyclic) bond motifs is 3. The number of aryl methyl sites for hydroxylation is 1. The highest BCUT2D eigenvalue weighted by molar-refractivity contribution is 5.95. The van der Waals surface area contributed by atoms with Crippen molar-refractivity contribution in [2.45, 2.75) is 38.9 Å². The third-order valence-corrected chi connectivity index (χ3v) is 5.24. The van der Waals surface area contributed by atoms with Gasteiger partial charge in [-0.25, -0.2) is 4.99 Å². The Kier molecular flexibility index (Phi) is 4.81. The van der Waals surface area contributed by atoms with E-state index >= 15 is 0 Å². The van der Waals surface area contributed by atoms with Crippen molar-refractivity contribution in [1.82, 2.24) is 19.7 Å². The van der Waals surface area contributed by atoms with Crippen molar-refractivity contribution < 1.29 is 0 Å². The minimum atomic E-state index is 0.147. The maximum atomic E-state index is 6.11. The van der Waals surface area contributed by atoms with E-state index in [-0.39, 0.29) is 12.1 Å². The highest BCUT2D eigenvalue weighted by atomic mass is 15.3. The molecule has 1 aromatic carbocycles. The Balaban J connectivity index is 1.72. The summed E-state index contributed by atoms with van der Waals surface area (Å²) in [6.07, 6.45) is 6.72. The number of rotatable bonds is 5. The summed E-state index contributed by atoms with van der Waals surface area (Å²) >= 11 is 0. The Morgan fingerprint density at radius 2 is 1.93 bits per heavy atom. The number of aromatic nitrogens is 3. The van der Waals surface area contributed by atoms with Gasteiger partial charge in [0.25, 0.3) is 0 Å². The fourth-order valence-electron chi connectivity index (χ4n) is 3.90. The standard InChI is InChI=1S/C21H25N7/c1-14-11-19-18(27(14)13-16-7-5-4-6-8-16)12-17(24-20(22)9-10-23-3)21-26-25-15(2)28(19)21/h4-8,10-12,18-19H,9,13H2,1-3H3,(H2,22,24). The number of benzene rings is 1. The van der Waals surface area contributed by atoms with E-state index in [1.165, 1.54) is 11.3 Å². The normalized spacial score (nSPS) is 21.5. The average molecular weight is 375 g/mol. The van der Waals surface area contributed by atoms with Crippen molar-refractivity contribution in [2.24, 2.45) is 15.7 Å². The van der Waals surface area contributed by atoms with Gasteiger partial charge in [-0.1, -0.05) is 30.3 Å². The Morgan fingerprint density at radius 3 is 2.68 bits per heavy atom. The summed E-state index contributed by atoms with van der Waals surface area (Å²) in [5, 5.41) is 8.67. The Bertz CT molecular complexity index is 981. The molecule has 4 rings (SSSR count). The van der Waals surface area contributed by atoms with Crippen LogP contribution in [0.15, 0.2) is 58.2 Å². The maximum absolute atomic E-state index is 6.11. The largest absolute Gasteiger partial charge is 0.387 e. The monoisotopic (exact) mass is 375 g/mol. The molecular formula is C21H25N7. The van der Waals surface area contributed by atoms with Gasteiger partial charge in [0, 0.05) is 31.9 Å². The van der Waals surface area contributed by atoms with E-state index in [1.807, 2.05) is 13.0 Å². The molecule has 2 aliphatic rings. The van der Waals surface area contributed by atoms with Crippen LogP contribution in [0, 0.1) is 6.92 Å². The van der Waals surface area contributed by atoms with Gasteiger partial charge in [0.05, 0.1) is 12.1 Å². The second-order valence-electron chi connectivity index (χ2n) is 7.14. The Hall–Kier alpha value is -3.22. The highest BCUT2D eigenvalue weighted by Crippen LogP contribution is 2.40. The first kappa shape index (κ1) is 18.2. The molecule has 1 aromatic heterocycles. The van der Waals surface area contributed by atoms with Crippen LogP contribution in [0.5, 0.6) is 0 Å². The SMILES string of the molecule is CN=CCC(N)=NC1=CC2C(C=C(C)N2Cc2ccccc2)n2c(C)nnc21. The first-order valence-electron chi connectivity index (χ1n) is 9.45. The van der Waals surface area contributed by atoms with Gasteiger partial charge in [-0.05, 0) is 31.6 Å². The van der Waals surface area contributed by atoms with Crippen LogP contribution in [-0.2, 0) is 6.54 Å². The molecule has 28 heavy (non-hydrogen) atoms. The second-order valence-corrected chi connectivity index (χ2v) is 7.14. The number of aliphatic imine (C=N–C) groups is 2. The van der Waals surface area contributed by atoms with Gasteiger partial charge < -0.3 is 20.2 Å². The van der Waals surface area contributed by atoms with Crippen LogP contribution in [0.25, 0.3) is 5.70 Å². The predicted octanol–water partition coefficient (Wildman–Crippen LogP) is 2.72. The molecule has 0 fully saturated rings. The highest BCUT2D eigenvalue weighted by Gasteiger charge is 2.39. The molecule has 0 spiro atoms. The lowest BCUT2D eigenvalue weighted by molar-refractivity contribution is 0.268. The minimum absolute atomic E-state index is 0.147. The minimum Gasteiger partial charge on any atom is -0.387 e. The van der Waals surface area contributed by atoms with Gasteiger partial charge in [-0.2, -0.15) is 0 Å². The van der Waals surface area contributed by atoms with Crippen LogP contribution in [0.2, 0.25) is 0 Å². The van der Waals surface area contributed by atoms with Gasteiger partial charge in [0.2, 0.25) is 0 Å². The third kappa shape index (κ3) is 3.24. The summed E-state index contributed by atoms with van der Waals surface area (Å²) in [4.78, 5) is 11.0. The van der Waals surface area contributed by atoms with Crippen molar-refractivity contribution in [3.63, 3.8) is 0 Å². The molecule has 3 heterocycles. The lowest BCUT2D eigenvalue weighted by atomic mass is 10.0.